The summed E-state index contributed by atoms with van der Waals surface area (Å²) in [7, 11) is 0.757. The number of carbonyl (C=O) groups is 1. The third kappa shape index (κ3) is 2.96. The Labute approximate surface area is 138 Å². The van der Waals surface area contributed by atoms with Gasteiger partial charge in [0, 0.05) is 37.6 Å². The maximum Gasteiger partial charge on any atom is 0.272 e. The Hall–Kier alpha value is -2.13. The predicted octanol–water partition coefficient (Wildman–Crippen LogP) is 2.89. The molecule has 1 aromatic heterocycles. The lowest BCUT2D eigenvalue weighted by atomic mass is 10.1. The quantitative estimate of drug-likeness (QED) is 0.724. The van der Waals surface area contributed by atoms with Crippen LogP contribution in [0.3, 0.4) is 0 Å². The number of benzene rings is 1. The summed E-state index contributed by atoms with van der Waals surface area (Å²) in [6.45, 7) is 0.681. The van der Waals surface area contributed by atoms with E-state index < -0.39 is 34.2 Å². The maximum atomic E-state index is 13.3. The number of rotatable bonds is 2. The molecule has 2 heterocycles. The summed E-state index contributed by atoms with van der Waals surface area (Å²) in [6, 6.07) is 1.46. The summed E-state index contributed by atoms with van der Waals surface area (Å²) >= 11 is 0. The van der Waals surface area contributed by atoms with Crippen LogP contribution < -0.4 is 10.0 Å². The van der Waals surface area contributed by atoms with Gasteiger partial charge < -0.3 is 9.88 Å². The molecule has 3 rings (SSSR count). The van der Waals surface area contributed by atoms with Crippen molar-refractivity contribution < 1.29 is 18.0 Å². The van der Waals surface area contributed by atoms with Crippen molar-refractivity contribution in [1.82, 2.24) is 9.29 Å². The fraction of sp³-hybridized carbons (Fsp3) is 0.267. The van der Waals surface area contributed by atoms with E-state index in [9.17, 15) is 18.0 Å². The first-order valence-corrected chi connectivity index (χ1v) is 8.44. The normalized spacial score (nSPS) is 17.2. The zero-order valence-electron chi connectivity index (χ0n) is 12.8. The Balaban J connectivity index is 1.95. The van der Waals surface area contributed by atoms with Gasteiger partial charge in [-0.1, -0.05) is 0 Å². The van der Waals surface area contributed by atoms with Crippen molar-refractivity contribution in [2.45, 2.75) is 17.7 Å². The van der Waals surface area contributed by atoms with Crippen LogP contribution in [0.1, 0.15) is 22.5 Å². The summed E-state index contributed by atoms with van der Waals surface area (Å²) in [5.41, 5.74) is 0.924. The molecule has 1 aliphatic heterocycles. The molecule has 1 amide bonds. The number of fused-ring (bicyclic) bond motifs is 1. The van der Waals surface area contributed by atoms with Crippen LogP contribution in [-0.2, 0) is 24.3 Å². The molecule has 1 atom stereocenters. The van der Waals surface area contributed by atoms with Gasteiger partial charge in [-0.2, -0.15) is 0 Å². The number of hydrogen-bond acceptors (Lipinski definition) is 2. The summed E-state index contributed by atoms with van der Waals surface area (Å²) in [5, 5.41) is 2.39. The number of halogens is 3. The number of aromatic nitrogens is 1. The fourth-order valence-corrected chi connectivity index (χ4v) is 3.91. The Kier molecular flexibility index (Phi) is 4.46. The highest BCUT2D eigenvalue weighted by atomic mass is 32.2. The van der Waals surface area contributed by atoms with E-state index in [1.807, 2.05) is 0 Å². The summed E-state index contributed by atoms with van der Waals surface area (Å²) < 4.78 is 52.3. The Morgan fingerprint density at radius 3 is 2.67 bits per heavy atom. The van der Waals surface area contributed by atoms with E-state index in [1.165, 1.54) is 0 Å². The van der Waals surface area contributed by atoms with Crippen LogP contribution in [0.2, 0.25) is 0 Å². The molecule has 0 bridgehead atoms. The van der Waals surface area contributed by atoms with Crippen LogP contribution >= 0.6 is 0 Å². The zero-order chi connectivity index (χ0) is 17.4. The molecule has 128 valence electrons. The minimum atomic E-state index is -1.58. The number of carbonyl (C=O) groups excluding carboxylic acids is 1. The van der Waals surface area contributed by atoms with Gasteiger partial charge in [-0.25, -0.2) is 13.2 Å². The average Bonchev–Trinajstić information content (AvgIpc) is 2.75. The minimum Gasteiger partial charge on any atom is -0.345 e. The topological polar surface area (TPSA) is 69.9 Å². The molecule has 1 aliphatic rings. The summed E-state index contributed by atoms with van der Waals surface area (Å²) in [6.07, 6.45) is 3.12. The smallest absolute Gasteiger partial charge is 0.272 e. The lowest BCUT2D eigenvalue weighted by molar-refractivity contribution is 0.101. The first-order valence-electron chi connectivity index (χ1n) is 7.21. The Bertz CT molecular complexity index is 826. The third-order valence-electron chi connectivity index (χ3n) is 3.77. The second-order valence-electron chi connectivity index (χ2n) is 5.44. The van der Waals surface area contributed by atoms with Crippen molar-refractivity contribution in [3.8, 4) is 0 Å². The second-order valence-corrected chi connectivity index (χ2v) is 6.78. The van der Waals surface area contributed by atoms with Crippen molar-refractivity contribution in [3.63, 3.8) is 0 Å². The van der Waals surface area contributed by atoms with E-state index in [4.69, 9.17) is 4.78 Å². The Morgan fingerprint density at radius 2 is 2.00 bits per heavy atom. The van der Waals surface area contributed by atoms with Gasteiger partial charge in [0.25, 0.3) is 5.91 Å². The first kappa shape index (κ1) is 16.7. The SMILES string of the molecule is Cn1cc2c(c1C(=O)Nc1cc(F)c(F)c(F)c1)CCCNS2=N. The maximum absolute atomic E-state index is 13.3. The Morgan fingerprint density at radius 1 is 1.33 bits per heavy atom. The largest absolute Gasteiger partial charge is 0.345 e. The van der Waals surface area contributed by atoms with Gasteiger partial charge in [0.1, 0.15) is 5.69 Å². The van der Waals surface area contributed by atoms with E-state index in [1.54, 1.807) is 17.8 Å². The molecule has 0 spiro atoms. The third-order valence-corrected chi connectivity index (χ3v) is 5.06. The van der Waals surface area contributed by atoms with Gasteiger partial charge in [0.15, 0.2) is 17.5 Å². The van der Waals surface area contributed by atoms with Crippen LogP contribution in [0.5, 0.6) is 0 Å². The molecule has 0 saturated carbocycles. The standard InChI is InChI=1S/C15H15F3N4OS/c1-22-7-12-9(3-2-4-20-24(12)19)14(22)15(23)21-8-5-10(16)13(18)11(17)6-8/h5-7H,2-4H2,1H3,(H2,19,20)(H,21,23). The lowest BCUT2D eigenvalue weighted by Gasteiger charge is -2.09. The van der Waals surface area contributed by atoms with Crippen LogP contribution in [0.15, 0.2) is 23.2 Å². The van der Waals surface area contributed by atoms with E-state index >= 15 is 0 Å². The minimum absolute atomic E-state index is 0.164. The molecule has 0 radical (unpaired) electrons. The van der Waals surface area contributed by atoms with Gasteiger partial charge in [-0.3, -0.25) is 14.3 Å². The van der Waals surface area contributed by atoms with E-state index in [0.717, 1.165) is 29.0 Å². The molecule has 1 aromatic carbocycles. The van der Waals surface area contributed by atoms with E-state index in [-0.39, 0.29) is 5.69 Å². The van der Waals surface area contributed by atoms with Gasteiger partial charge in [0.05, 0.1) is 4.90 Å². The fourth-order valence-electron chi connectivity index (χ4n) is 2.70. The number of hydrogen-bond donors (Lipinski definition) is 3. The number of nitrogens with zero attached hydrogens (tertiary/aromatic N) is 1. The lowest BCUT2D eigenvalue weighted by Crippen LogP contribution is -2.18. The van der Waals surface area contributed by atoms with Gasteiger partial charge in [-0.15, -0.1) is 0 Å². The van der Waals surface area contributed by atoms with Crippen molar-refractivity contribution in [2.24, 2.45) is 7.05 Å². The predicted molar refractivity (Wildman–Crippen MR) is 84.4 cm³/mol. The van der Waals surface area contributed by atoms with E-state index in [2.05, 4.69) is 10.0 Å². The number of amides is 1. The molecular formula is C15H15F3N4OS. The molecular weight excluding hydrogens is 341 g/mol. The summed E-state index contributed by atoms with van der Waals surface area (Å²) in [5.74, 6) is -4.87. The molecule has 24 heavy (non-hydrogen) atoms. The van der Waals surface area contributed by atoms with Crippen molar-refractivity contribution in [2.75, 3.05) is 11.9 Å². The number of anilines is 1. The van der Waals surface area contributed by atoms with Crippen LogP contribution in [0, 0.1) is 22.2 Å². The van der Waals surface area contributed by atoms with E-state index in [0.29, 0.717) is 18.7 Å². The van der Waals surface area contributed by atoms with Gasteiger partial charge >= 0.3 is 0 Å². The highest BCUT2D eigenvalue weighted by Crippen LogP contribution is 2.25. The monoisotopic (exact) mass is 356 g/mol. The molecule has 0 fully saturated rings. The van der Waals surface area contributed by atoms with Crippen LogP contribution in [0.25, 0.3) is 0 Å². The highest BCUT2D eigenvalue weighted by Gasteiger charge is 2.24. The molecule has 0 aliphatic carbocycles. The molecule has 0 saturated heterocycles. The molecule has 5 nitrogen and oxygen atoms in total. The molecule has 2 aromatic rings. The first-order chi connectivity index (χ1) is 11.4. The molecule has 3 N–H and O–H groups in total. The average molecular weight is 356 g/mol. The van der Waals surface area contributed by atoms with Gasteiger partial charge in [-0.05, 0) is 29.3 Å². The van der Waals surface area contributed by atoms with Crippen molar-refractivity contribution in [1.29, 1.82) is 4.78 Å². The summed E-state index contributed by atoms with van der Waals surface area (Å²) in [4.78, 5) is 13.3. The number of aryl methyl sites for hydroxylation is 1. The molecule has 1 unspecified atom stereocenters. The van der Waals surface area contributed by atoms with Crippen LogP contribution in [-0.4, -0.2) is 17.0 Å². The number of nitrogens with one attached hydrogen (secondary N) is 3. The van der Waals surface area contributed by atoms with Crippen molar-refractivity contribution >= 4 is 22.5 Å². The highest BCUT2D eigenvalue weighted by molar-refractivity contribution is 7.84. The van der Waals surface area contributed by atoms with Gasteiger partial charge in [0.2, 0.25) is 0 Å². The zero-order valence-corrected chi connectivity index (χ0v) is 13.6. The molecule has 9 heteroatoms. The second kappa shape index (κ2) is 6.40. The van der Waals surface area contributed by atoms with Crippen LogP contribution in [0.4, 0.5) is 18.9 Å². The van der Waals surface area contributed by atoms with Crippen molar-refractivity contribution in [3.05, 3.63) is 47.0 Å².